The second-order valence-corrected chi connectivity index (χ2v) is 11.3. The number of hydrogen-bond acceptors (Lipinski definition) is 4. The molecule has 5 heteroatoms. The molecule has 0 spiro atoms. The minimum Gasteiger partial charge on any atom is -0.512 e. The third kappa shape index (κ3) is 6.65. The Labute approximate surface area is 275 Å². The van der Waals surface area contributed by atoms with Gasteiger partial charge in [0.15, 0.2) is 5.78 Å². The summed E-state index contributed by atoms with van der Waals surface area (Å²) in [5.41, 5.74) is 7.74. The first-order valence-corrected chi connectivity index (χ1v) is 15.5. The molecule has 4 aromatic carbocycles. The minimum absolute atomic E-state index is 0. The predicted octanol–water partition coefficient (Wildman–Crippen LogP) is 10.8. The monoisotopic (exact) mass is 762 g/mol. The van der Waals surface area contributed by atoms with Gasteiger partial charge in [0.25, 0.3) is 0 Å². The predicted molar refractivity (Wildman–Crippen MR) is 180 cm³/mol. The van der Waals surface area contributed by atoms with E-state index in [1.165, 1.54) is 28.1 Å². The molecule has 0 saturated carbocycles. The zero-order chi connectivity index (χ0) is 30.5. The SMILES string of the molecule is CCC(CC)C(=O)/C=C(\O)C(CC)CC.Cc1ccc2cc3c(nc2c1)-c1[c-]ccc2cccc(c12)N3c1ccccc1.[Ir]. The molecule has 2 heterocycles. The summed E-state index contributed by atoms with van der Waals surface area (Å²) >= 11 is 0. The summed E-state index contributed by atoms with van der Waals surface area (Å²) in [7, 11) is 0. The summed E-state index contributed by atoms with van der Waals surface area (Å²) in [5, 5.41) is 13.3. The molecule has 0 atom stereocenters. The minimum atomic E-state index is 0. The van der Waals surface area contributed by atoms with Gasteiger partial charge in [-0.3, -0.25) is 9.78 Å². The zero-order valence-electron chi connectivity index (χ0n) is 26.2. The van der Waals surface area contributed by atoms with Crippen molar-refractivity contribution >= 4 is 44.5 Å². The van der Waals surface area contributed by atoms with E-state index in [1.54, 1.807) is 0 Å². The summed E-state index contributed by atoms with van der Waals surface area (Å²) < 4.78 is 0. The molecule has 0 unspecified atom stereocenters. The molecule has 1 aliphatic heterocycles. The number of fused-ring (bicyclic) bond motifs is 3. The fraction of sp³-hybridized carbons (Fsp3) is 0.282. The molecule has 5 aromatic rings. The van der Waals surface area contributed by atoms with E-state index in [-0.39, 0.29) is 43.5 Å². The van der Waals surface area contributed by atoms with E-state index in [1.807, 2.05) is 33.8 Å². The summed E-state index contributed by atoms with van der Waals surface area (Å²) in [5.74, 6) is 0.547. The van der Waals surface area contributed by atoms with Crippen LogP contribution in [-0.2, 0) is 24.9 Å². The van der Waals surface area contributed by atoms with Crippen LogP contribution < -0.4 is 4.90 Å². The number of allylic oxidation sites excluding steroid dienone is 2. The van der Waals surface area contributed by atoms with E-state index in [0.29, 0.717) is 0 Å². The molecule has 229 valence electrons. The second kappa shape index (κ2) is 14.8. The molecular formula is C39H41IrN2O2-. The number of nitrogens with zero attached hydrogens (tertiary/aromatic N) is 2. The Kier molecular flexibility index (Phi) is 11.1. The average molecular weight is 762 g/mol. The Morgan fingerprint density at radius 3 is 2.23 bits per heavy atom. The van der Waals surface area contributed by atoms with Crippen molar-refractivity contribution in [2.75, 3.05) is 4.90 Å². The maximum atomic E-state index is 11.7. The number of carbonyl (C=O) groups excluding carboxylic acids is 1. The molecule has 44 heavy (non-hydrogen) atoms. The molecule has 0 bridgehead atoms. The Balaban J connectivity index is 0.000000239. The van der Waals surface area contributed by atoms with Crippen LogP contribution in [0.3, 0.4) is 0 Å². The van der Waals surface area contributed by atoms with Crippen LogP contribution >= 0.6 is 0 Å². The fourth-order valence-corrected chi connectivity index (χ4v) is 6.01. The average Bonchev–Trinajstić information content (AvgIpc) is 3.02. The molecular weight excluding hydrogens is 721 g/mol. The first-order chi connectivity index (χ1) is 20.9. The standard InChI is InChI=1S/C26H17N2.C13H24O2.Ir/c1-17-13-14-19-16-24-26(27-22(19)15-17)21-11-5-7-18-8-6-12-23(25(18)21)28(24)20-9-3-2-4-10-20;1-5-10(6-2)12(14)9-13(15)11(7-3)8-4;/h2-10,12-16H,1H3;9-11,14H,5-8H2,1-4H3;/q-1;;/b;12-9-;. The molecule has 0 fully saturated rings. The molecule has 0 aliphatic carbocycles. The molecule has 1 aromatic heterocycles. The Bertz CT molecular complexity index is 1770. The van der Waals surface area contributed by atoms with Crippen molar-refractivity contribution in [3.8, 4) is 11.3 Å². The number of hydrogen-bond donors (Lipinski definition) is 1. The number of ketones is 1. The fourth-order valence-electron chi connectivity index (χ4n) is 6.01. The summed E-state index contributed by atoms with van der Waals surface area (Å²) in [6, 6.07) is 33.3. The zero-order valence-corrected chi connectivity index (χ0v) is 28.6. The Hall–Kier alpha value is -3.79. The molecule has 0 saturated heterocycles. The number of aliphatic hydroxyl groups excluding tert-OH is 1. The van der Waals surface area contributed by atoms with Crippen molar-refractivity contribution in [3.05, 3.63) is 108 Å². The number of carbonyl (C=O) groups is 1. The number of para-hydroxylation sites is 1. The number of benzene rings is 4. The number of anilines is 3. The van der Waals surface area contributed by atoms with E-state index in [4.69, 9.17) is 4.98 Å². The molecule has 1 N–H and O–H groups in total. The van der Waals surface area contributed by atoms with Crippen molar-refractivity contribution in [1.29, 1.82) is 0 Å². The number of aryl methyl sites for hydroxylation is 1. The third-order valence-corrected chi connectivity index (χ3v) is 8.58. The number of pyridine rings is 1. The van der Waals surface area contributed by atoms with Crippen LogP contribution in [0, 0.1) is 24.8 Å². The van der Waals surface area contributed by atoms with Crippen LogP contribution in [-0.4, -0.2) is 15.9 Å². The van der Waals surface area contributed by atoms with E-state index < -0.39 is 0 Å². The van der Waals surface area contributed by atoms with Gasteiger partial charge in [-0.2, -0.15) is 0 Å². The van der Waals surface area contributed by atoms with Gasteiger partial charge in [-0.25, -0.2) is 0 Å². The van der Waals surface area contributed by atoms with E-state index in [0.717, 1.165) is 59.2 Å². The van der Waals surface area contributed by atoms with Crippen LogP contribution in [0.15, 0.2) is 96.8 Å². The number of aromatic nitrogens is 1. The Morgan fingerprint density at radius 2 is 1.55 bits per heavy atom. The quantitative estimate of drug-likeness (QED) is 0.0953. The van der Waals surface area contributed by atoms with Crippen molar-refractivity contribution in [2.24, 2.45) is 11.8 Å². The van der Waals surface area contributed by atoms with Gasteiger partial charge in [0.05, 0.1) is 11.3 Å². The van der Waals surface area contributed by atoms with Crippen molar-refractivity contribution in [3.63, 3.8) is 0 Å². The van der Waals surface area contributed by atoms with Gasteiger partial charge in [-0.05, 0) is 68.5 Å². The smallest absolute Gasteiger partial charge is 0.162 e. The number of aliphatic hydroxyl groups is 1. The van der Waals surface area contributed by atoms with Crippen molar-refractivity contribution in [1.82, 2.24) is 4.98 Å². The first-order valence-electron chi connectivity index (χ1n) is 15.5. The first kappa shape index (κ1) is 33.1. The topological polar surface area (TPSA) is 53.4 Å². The van der Waals surface area contributed by atoms with Crippen LogP contribution in [0.2, 0.25) is 0 Å². The number of rotatable bonds is 8. The molecule has 4 nitrogen and oxygen atoms in total. The maximum Gasteiger partial charge on any atom is 0.162 e. The summed E-state index contributed by atoms with van der Waals surface area (Å²) in [6.07, 6.45) is 4.91. The normalized spacial score (nSPS) is 12.2. The van der Waals surface area contributed by atoms with Gasteiger partial charge < -0.3 is 10.0 Å². The van der Waals surface area contributed by atoms with Crippen molar-refractivity contribution in [2.45, 2.75) is 60.3 Å². The van der Waals surface area contributed by atoms with E-state index >= 15 is 0 Å². The van der Waals surface area contributed by atoms with Gasteiger partial charge in [0.2, 0.25) is 0 Å². The van der Waals surface area contributed by atoms with Gasteiger partial charge >= 0.3 is 0 Å². The van der Waals surface area contributed by atoms with Crippen LogP contribution in [0.4, 0.5) is 17.1 Å². The molecule has 0 amide bonds. The van der Waals surface area contributed by atoms with E-state index in [2.05, 4.69) is 96.8 Å². The molecule has 1 radical (unpaired) electrons. The maximum absolute atomic E-state index is 11.7. The van der Waals surface area contributed by atoms with Gasteiger partial charge in [0.1, 0.15) is 0 Å². The second-order valence-electron chi connectivity index (χ2n) is 11.3. The van der Waals surface area contributed by atoms with Crippen LogP contribution in [0.5, 0.6) is 0 Å². The third-order valence-electron chi connectivity index (χ3n) is 8.58. The summed E-state index contributed by atoms with van der Waals surface area (Å²) in [4.78, 5) is 19.1. The van der Waals surface area contributed by atoms with Crippen LogP contribution in [0.1, 0.15) is 58.9 Å². The molecule has 6 rings (SSSR count). The summed E-state index contributed by atoms with van der Waals surface area (Å²) in [6.45, 7) is 10.2. The van der Waals surface area contributed by atoms with Gasteiger partial charge in [0, 0.05) is 66.2 Å². The van der Waals surface area contributed by atoms with E-state index in [9.17, 15) is 9.90 Å². The van der Waals surface area contributed by atoms with Gasteiger partial charge in [-0.15, -0.1) is 23.8 Å². The van der Waals surface area contributed by atoms with Gasteiger partial charge in [-0.1, -0.05) is 80.9 Å². The molecule has 1 aliphatic rings. The largest absolute Gasteiger partial charge is 0.512 e. The Morgan fingerprint density at radius 1 is 0.841 bits per heavy atom. The van der Waals surface area contributed by atoms with Crippen LogP contribution in [0.25, 0.3) is 32.9 Å². The van der Waals surface area contributed by atoms with Crippen molar-refractivity contribution < 1.29 is 30.0 Å².